The van der Waals surface area contributed by atoms with Crippen molar-refractivity contribution < 1.29 is 14.3 Å². The lowest BCUT2D eigenvalue weighted by Gasteiger charge is -2.34. The molecule has 0 unspecified atom stereocenters. The Labute approximate surface area is 169 Å². The molecule has 3 N–H and O–H groups in total. The van der Waals surface area contributed by atoms with Crippen molar-refractivity contribution in [3.63, 3.8) is 0 Å². The molecule has 0 spiro atoms. The van der Waals surface area contributed by atoms with Crippen LogP contribution >= 0.6 is 0 Å². The molecule has 1 aliphatic heterocycles. The summed E-state index contributed by atoms with van der Waals surface area (Å²) < 4.78 is 5.16. The van der Waals surface area contributed by atoms with Crippen LogP contribution in [0.3, 0.4) is 0 Å². The normalized spacial score (nSPS) is 16.7. The van der Waals surface area contributed by atoms with Crippen LogP contribution in [0.5, 0.6) is 5.75 Å². The van der Waals surface area contributed by atoms with Crippen LogP contribution < -0.4 is 15.4 Å². The zero-order valence-corrected chi connectivity index (χ0v) is 16.5. The van der Waals surface area contributed by atoms with Crippen LogP contribution in [0.4, 0.5) is 5.69 Å². The maximum atomic E-state index is 12.7. The Morgan fingerprint density at radius 1 is 1.17 bits per heavy atom. The number of nitrogens with one attached hydrogen (secondary N) is 1. The third-order valence-electron chi connectivity index (χ3n) is 5.71. The number of rotatable bonds is 6. The number of piperidine rings is 1. The highest BCUT2D eigenvalue weighted by Crippen LogP contribution is 2.33. The number of ketones is 1. The molecule has 0 saturated carbocycles. The summed E-state index contributed by atoms with van der Waals surface area (Å²) in [6, 6.07) is 13.0. The first-order valence-corrected chi connectivity index (χ1v) is 9.89. The van der Waals surface area contributed by atoms with Gasteiger partial charge in [0.2, 0.25) is 0 Å². The number of nitrogens with two attached hydrogens (primary N) is 1. The third kappa shape index (κ3) is 3.83. The van der Waals surface area contributed by atoms with E-state index in [-0.39, 0.29) is 5.78 Å². The van der Waals surface area contributed by atoms with Crippen LogP contribution in [0, 0.1) is 5.92 Å². The minimum absolute atomic E-state index is 0.162. The monoisotopic (exact) mass is 391 g/mol. The minimum Gasteiger partial charge on any atom is -0.497 e. The van der Waals surface area contributed by atoms with Gasteiger partial charge in [0.05, 0.1) is 18.2 Å². The van der Waals surface area contributed by atoms with Crippen molar-refractivity contribution in [2.75, 3.05) is 25.1 Å². The Bertz CT molecular complexity index is 1040. The Morgan fingerprint density at radius 2 is 1.97 bits per heavy atom. The fourth-order valence-electron chi connectivity index (χ4n) is 4.23. The number of hydrogen-bond donors (Lipinski definition) is 2. The van der Waals surface area contributed by atoms with Gasteiger partial charge in [-0.05, 0) is 61.2 Å². The van der Waals surface area contributed by atoms with Crippen molar-refractivity contribution in [2.24, 2.45) is 11.7 Å². The topological polar surface area (TPSA) is 88.4 Å². The summed E-state index contributed by atoms with van der Waals surface area (Å²) in [5.74, 6) is 0.768. The van der Waals surface area contributed by atoms with E-state index in [0.717, 1.165) is 53.8 Å². The summed E-state index contributed by atoms with van der Waals surface area (Å²) in [5, 5.41) is 0.989. The number of nitrogens with zero attached hydrogens (tertiary/aromatic N) is 1. The number of H-pyrrole nitrogens is 1. The molecule has 0 radical (unpaired) electrons. The van der Waals surface area contributed by atoms with Crippen LogP contribution in [0.15, 0.2) is 48.7 Å². The number of aromatic amines is 1. The highest BCUT2D eigenvalue weighted by molar-refractivity contribution is 6.08. The highest BCUT2D eigenvalue weighted by atomic mass is 16.5. The molecule has 1 amide bonds. The van der Waals surface area contributed by atoms with E-state index in [1.54, 1.807) is 13.2 Å². The van der Waals surface area contributed by atoms with Crippen LogP contribution in [0.1, 0.15) is 40.0 Å². The van der Waals surface area contributed by atoms with Gasteiger partial charge in [0, 0.05) is 42.3 Å². The Hall–Kier alpha value is -3.28. The lowest BCUT2D eigenvalue weighted by molar-refractivity contribution is 0.0955. The lowest BCUT2D eigenvalue weighted by atomic mass is 9.90. The van der Waals surface area contributed by atoms with E-state index in [0.29, 0.717) is 17.9 Å². The second kappa shape index (κ2) is 7.99. The molecule has 3 aromatic rings. The predicted octanol–water partition coefficient (Wildman–Crippen LogP) is 3.76. The molecule has 2 heterocycles. The first kappa shape index (κ1) is 19.1. The maximum Gasteiger partial charge on any atom is 0.250 e. The van der Waals surface area contributed by atoms with Gasteiger partial charge in [-0.25, -0.2) is 0 Å². The molecular formula is C23H25N3O3. The summed E-state index contributed by atoms with van der Waals surface area (Å²) >= 11 is 0. The molecule has 0 bridgehead atoms. The lowest BCUT2D eigenvalue weighted by Crippen LogP contribution is -2.36. The number of anilines is 1. The van der Waals surface area contributed by atoms with Gasteiger partial charge in [-0.15, -0.1) is 0 Å². The van der Waals surface area contributed by atoms with E-state index < -0.39 is 5.91 Å². The number of methoxy groups -OCH3 is 1. The van der Waals surface area contributed by atoms with E-state index in [1.807, 2.05) is 42.6 Å². The van der Waals surface area contributed by atoms with E-state index in [9.17, 15) is 9.59 Å². The Kier molecular flexibility index (Phi) is 5.25. The van der Waals surface area contributed by atoms with Gasteiger partial charge < -0.3 is 20.4 Å². The number of Topliss-reactive ketones (excluding diaryl/α,β-unsaturated/α-hetero) is 1. The SMILES string of the molecule is COc1ccc(C(=O)C[C@@H]2CCCN(c3ccc(C(N)=O)c4[nH]ccc34)C2)cc1. The zero-order valence-electron chi connectivity index (χ0n) is 16.5. The van der Waals surface area contributed by atoms with Crippen molar-refractivity contribution in [3.05, 3.63) is 59.8 Å². The molecule has 150 valence electrons. The average molecular weight is 391 g/mol. The van der Waals surface area contributed by atoms with E-state index in [4.69, 9.17) is 10.5 Å². The number of aromatic nitrogens is 1. The summed E-state index contributed by atoms with van der Waals surface area (Å²) in [7, 11) is 1.62. The first-order chi connectivity index (χ1) is 14.1. The maximum absolute atomic E-state index is 12.7. The van der Waals surface area contributed by atoms with Crippen molar-refractivity contribution in [2.45, 2.75) is 19.3 Å². The van der Waals surface area contributed by atoms with Gasteiger partial charge in [-0.3, -0.25) is 9.59 Å². The number of carbonyl (C=O) groups excluding carboxylic acids is 2. The third-order valence-corrected chi connectivity index (χ3v) is 5.71. The minimum atomic E-state index is -0.439. The van der Waals surface area contributed by atoms with Crippen molar-refractivity contribution in [1.29, 1.82) is 0 Å². The van der Waals surface area contributed by atoms with Crippen molar-refractivity contribution in [1.82, 2.24) is 4.98 Å². The molecule has 4 rings (SSSR count). The van der Waals surface area contributed by atoms with Gasteiger partial charge >= 0.3 is 0 Å². The smallest absolute Gasteiger partial charge is 0.250 e. The van der Waals surface area contributed by atoms with E-state index in [2.05, 4.69) is 9.88 Å². The predicted molar refractivity (Wildman–Crippen MR) is 114 cm³/mol. The van der Waals surface area contributed by atoms with Crippen molar-refractivity contribution >= 4 is 28.3 Å². The van der Waals surface area contributed by atoms with Crippen LogP contribution in [0.2, 0.25) is 0 Å². The number of primary amides is 1. The molecule has 1 saturated heterocycles. The summed E-state index contributed by atoms with van der Waals surface area (Å²) in [6.45, 7) is 1.75. The average Bonchev–Trinajstić information content (AvgIpc) is 3.23. The molecule has 6 heteroatoms. The summed E-state index contributed by atoms with van der Waals surface area (Å²) in [6.07, 6.45) is 4.42. The number of ether oxygens (including phenoxy) is 1. The summed E-state index contributed by atoms with van der Waals surface area (Å²) in [5.41, 5.74) is 8.57. The second-order valence-corrected chi connectivity index (χ2v) is 7.57. The number of carbonyl (C=O) groups is 2. The molecule has 1 aliphatic rings. The van der Waals surface area contributed by atoms with Gasteiger partial charge in [0.25, 0.3) is 5.91 Å². The standard InChI is InChI=1S/C23H25N3O3/c1-29-17-6-4-16(5-7-17)21(27)13-15-3-2-12-26(14-15)20-9-8-19(23(24)28)22-18(20)10-11-25-22/h4-11,15,25H,2-3,12-14H2,1H3,(H2,24,28)/t15-/m0/s1. The Morgan fingerprint density at radius 3 is 2.69 bits per heavy atom. The molecule has 6 nitrogen and oxygen atoms in total. The fraction of sp³-hybridized carbons (Fsp3) is 0.304. The van der Waals surface area contributed by atoms with Crippen LogP contribution in [-0.2, 0) is 0 Å². The van der Waals surface area contributed by atoms with E-state index >= 15 is 0 Å². The van der Waals surface area contributed by atoms with Gasteiger partial charge in [0.15, 0.2) is 5.78 Å². The molecular weight excluding hydrogens is 366 g/mol. The molecule has 0 aliphatic carbocycles. The zero-order chi connectivity index (χ0) is 20.4. The van der Waals surface area contributed by atoms with Crippen molar-refractivity contribution in [3.8, 4) is 5.75 Å². The van der Waals surface area contributed by atoms with Gasteiger partial charge in [0.1, 0.15) is 5.75 Å². The number of hydrogen-bond acceptors (Lipinski definition) is 4. The molecule has 1 atom stereocenters. The molecule has 2 aromatic carbocycles. The number of amides is 1. The highest BCUT2D eigenvalue weighted by Gasteiger charge is 2.25. The van der Waals surface area contributed by atoms with Gasteiger partial charge in [-0.1, -0.05) is 0 Å². The summed E-state index contributed by atoms with van der Waals surface area (Å²) in [4.78, 5) is 29.9. The van der Waals surface area contributed by atoms with Gasteiger partial charge in [-0.2, -0.15) is 0 Å². The first-order valence-electron chi connectivity index (χ1n) is 9.89. The molecule has 1 fully saturated rings. The van der Waals surface area contributed by atoms with Crippen LogP contribution in [-0.4, -0.2) is 36.9 Å². The molecule has 29 heavy (non-hydrogen) atoms. The van der Waals surface area contributed by atoms with E-state index in [1.165, 1.54) is 0 Å². The quantitative estimate of drug-likeness (QED) is 0.626. The fourth-order valence-corrected chi connectivity index (χ4v) is 4.23. The second-order valence-electron chi connectivity index (χ2n) is 7.57. The largest absolute Gasteiger partial charge is 0.497 e. The van der Waals surface area contributed by atoms with Crippen LogP contribution in [0.25, 0.3) is 10.9 Å². The Balaban J connectivity index is 1.50. The number of benzene rings is 2. The molecule has 1 aromatic heterocycles. The number of fused-ring (bicyclic) bond motifs is 1.